The lowest BCUT2D eigenvalue weighted by Gasteiger charge is -2.31. The molecule has 1 saturated heterocycles. The van der Waals surface area contributed by atoms with Crippen LogP contribution in [0.3, 0.4) is 0 Å². The van der Waals surface area contributed by atoms with E-state index in [9.17, 15) is 22.0 Å². The molecule has 158 valence electrons. The Bertz CT molecular complexity index is 1040. The van der Waals surface area contributed by atoms with E-state index in [4.69, 9.17) is 0 Å². The summed E-state index contributed by atoms with van der Waals surface area (Å²) in [6, 6.07) is 8.66. The number of nitrogens with zero attached hydrogens (tertiary/aromatic N) is 4. The highest BCUT2D eigenvalue weighted by atomic mass is 19.4. The Morgan fingerprint density at radius 1 is 1.00 bits per heavy atom. The van der Waals surface area contributed by atoms with E-state index < -0.39 is 17.7 Å². The Morgan fingerprint density at radius 3 is 2.47 bits per heavy atom. The number of benzene rings is 1. The number of halogens is 5. The van der Waals surface area contributed by atoms with Crippen molar-refractivity contribution in [1.82, 2.24) is 15.0 Å². The van der Waals surface area contributed by atoms with Crippen LogP contribution in [-0.4, -0.2) is 34.0 Å². The first-order valence-corrected chi connectivity index (χ1v) is 9.37. The SMILES string of the molecule is FC1(F)CCN(c2nc(NCc3ccccc3C(F)(F)F)c3cccnc3n2)CC1. The Labute approximate surface area is 169 Å². The number of rotatable bonds is 4. The normalized spacial score (nSPS) is 16.6. The third-order valence-electron chi connectivity index (χ3n) is 5.01. The first-order valence-electron chi connectivity index (χ1n) is 9.37. The zero-order valence-electron chi connectivity index (χ0n) is 15.8. The number of anilines is 2. The minimum absolute atomic E-state index is 0.0693. The highest BCUT2D eigenvalue weighted by Gasteiger charge is 2.35. The van der Waals surface area contributed by atoms with Crippen molar-refractivity contribution < 1.29 is 22.0 Å². The van der Waals surface area contributed by atoms with E-state index in [0.29, 0.717) is 16.9 Å². The largest absolute Gasteiger partial charge is 0.416 e. The van der Waals surface area contributed by atoms with Gasteiger partial charge in [-0.2, -0.15) is 23.1 Å². The quantitative estimate of drug-likeness (QED) is 0.606. The smallest absolute Gasteiger partial charge is 0.365 e. The molecule has 1 aromatic carbocycles. The number of alkyl halides is 5. The molecule has 0 aliphatic carbocycles. The molecule has 4 rings (SSSR count). The van der Waals surface area contributed by atoms with E-state index in [1.54, 1.807) is 17.0 Å². The Kier molecular flexibility index (Phi) is 5.17. The van der Waals surface area contributed by atoms with Gasteiger partial charge in [-0.25, -0.2) is 13.8 Å². The van der Waals surface area contributed by atoms with Gasteiger partial charge in [0.05, 0.1) is 10.9 Å². The lowest BCUT2D eigenvalue weighted by Crippen LogP contribution is -2.40. The lowest BCUT2D eigenvalue weighted by atomic mass is 10.1. The molecule has 0 spiro atoms. The summed E-state index contributed by atoms with van der Waals surface area (Å²) in [7, 11) is 0. The average molecular weight is 423 g/mol. The zero-order valence-corrected chi connectivity index (χ0v) is 15.8. The molecule has 3 aromatic rings. The molecule has 30 heavy (non-hydrogen) atoms. The predicted octanol–water partition coefficient (Wildman–Crippen LogP) is 4.89. The van der Waals surface area contributed by atoms with Gasteiger partial charge in [0, 0.05) is 38.7 Å². The summed E-state index contributed by atoms with van der Waals surface area (Å²) < 4.78 is 66.8. The summed E-state index contributed by atoms with van der Waals surface area (Å²) in [5, 5.41) is 3.48. The van der Waals surface area contributed by atoms with E-state index in [-0.39, 0.29) is 44.0 Å². The maximum absolute atomic E-state index is 13.5. The third kappa shape index (κ3) is 4.27. The van der Waals surface area contributed by atoms with Crippen molar-refractivity contribution in [3.8, 4) is 0 Å². The van der Waals surface area contributed by atoms with Crippen LogP contribution in [0.2, 0.25) is 0 Å². The number of hydrogen-bond donors (Lipinski definition) is 1. The Hall–Kier alpha value is -3.04. The van der Waals surface area contributed by atoms with Crippen molar-refractivity contribution in [3.63, 3.8) is 0 Å². The molecule has 0 unspecified atom stereocenters. The molecule has 0 amide bonds. The number of fused-ring (bicyclic) bond motifs is 1. The molecule has 2 aromatic heterocycles. The second kappa shape index (κ2) is 7.66. The molecular weight excluding hydrogens is 405 g/mol. The van der Waals surface area contributed by atoms with Crippen LogP contribution in [0, 0.1) is 0 Å². The average Bonchev–Trinajstić information content (AvgIpc) is 2.71. The zero-order chi connectivity index (χ0) is 21.4. The van der Waals surface area contributed by atoms with Gasteiger partial charge in [-0.15, -0.1) is 0 Å². The van der Waals surface area contributed by atoms with E-state index in [0.717, 1.165) is 6.07 Å². The van der Waals surface area contributed by atoms with Gasteiger partial charge in [0.1, 0.15) is 5.82 Å². The fourth-order valence-corrected chi connectivity index (χ4v) is 3.39. The molecular formula is C20H18F5N5. The van der Waals surface area contributed by atoms with Gasteiger partial charge in [-0.05, 0) is 23.8 Å². The first-order chi connectivity index (χ1) is 14.2. The summed E-state index contributed by atoms with van der Waals surface area (Å²) >= 11 is 0. The minimum Gasteiger partial charge on any atom is -0.365 e. The second-order valence-corrected chi connectivity index (χ2v) is 7.10. The maximum Gasteiger partial charge on any atom is 0.416 e. The van der Waals surface area contributed by atoms with Gasteiger partial charge in [-0.3, -0.25) is 0 Å². The molecule has 3 heterocycles. The van der Waals surface area contributed by atoms with Crippen LogP contribution in [0.1, 0.15) is 24.0 Å². The molecule has 1 aliphatic heterocycles. The topological polar surface area (TPSA) is 53.9 Å². The fourth-order valence-electron chi connectivity index (χ4n) is 3.39. The molecule has 1 N–H and O–H groups in total. The number of nitrogens with one attached hydrogen (secondary N) is 1. The van der Waals surface area contributed by atoms with Crippen LogP contribution in [0.4, 0.5) is 33.7 Å². The van der Waals surface area contributed by atoms with Crippen LogP contribution in [0.15, 0.2) is 42.6 Å². The van der Waals surface area contributed by atoms with Gasteiger partial charge in [0.2, 0.25) is 5.95 Å². The molecule has 0 atom stereocenters. The molecule has 1 aliphatic rings. The van der Waals surface area contributed by atoms with Crippen LogP contribution < -0.4 is 10.2 Å². The van der Waals surface area contributed by atoms with Crippen molar-refractivity contribution in [2.75, 3.05) is 23.3 Å². The minimum atomic E-state index is -4.47. The van der Waals surface area contributed by atoms with Crippen molar-refractivity contribution in [2.24, 2.45) is 0 Å². The fraction of sp³-hybridized carbons (Fsp3) is 0.350. The van der Waals surface area contributed by atoms with Crippen LogP contribution in [0.25, 0.3) is 11.0 Å². The standard InChI is InChI=1S/C20H18F5N5/c21-19(22)7-10-30(11-8-19)18-28-16-14(5-3-9-26-16)17(29-18)27-12-13-4-1-2-6-15(13)20(23,24)25/h1-6,9H,7-8,10-12H2,(H,26,27,28,29). The van der Waals surface area contributed by atoms with Gasteiger partial charge in [0.25, 0.3) is 5.92 Å². The van der Waals surface area contributed by atoms with Gasteiger partial charge in [0.15, 0.2) is 5.65 Å². The summed E-state index contributed by atoms with van der Waals surface area (Å²) in [4.78, 5) is 14.6. The van der Waals surface area contributed by atoms with Crippen LogP contribution in [0.5, 0.6) is 0 Å². The van der Waals surface area contributed by atoms with Crippen molar-refractivity contribution >= 4 is 22.8 Å². The number of pyridine rings is 1. The molecule has 0 radical (unpaired) electrons. The lowest BCUT2D eigenvalue weighted by molar-refractivity contribution is -0.138. The third-order valence-corrected chi connectivity index (χ3v) is 5.01. The first kappa shape index (κ1) is 20.2. The molecule has 10 heteroatoms. The highest BCUT2D eigenvalue weighted by Crippen LogP contribution is 2.33. The Balaban J connectivity index is 1.64. The van der Waals surface area contributed by atoms with Crippen LogP contribution in [-0.2, 0) is 12.7 Å². The Morgan fingerprint density at radius 2 is 1.73 bits per heavy atom. The number of piperidine rings is 1. The van der Waals surface area contributed by atoms with Crippen molar-refractivity contribution in [2.45, 2.75) is 31.5 Å². The van der Waals surface area contributed by atoms with Crippen molar-refractivity contribution in [3.05, 3.63) is 53.7 Å². The molecule has 0 saturated carbocycles. The maximum atomic E-state index is 13.5. The summed E-state index contributed by atoms with van der Waals surface area (Å²) in [6.45, 7) is 0.0532. The van der Waals surface area contributed by atoms with E-state index in [1.807, 2.05) is 0 Å². The predicted molar refractivity (Wildman–Crippen MR) is 102 cm³/mol. The van der Waals surface area contributed by atoms with E-state index >= 15 is 0 Å². The summed E-state index contributed by atoms with van der Waals surface area (Å²) in [5.74, 6) is -2.19. The van der Waals surface area contributed by atoms with Gasteiger partial charge < -0.3 is 10.2 Å². The number of aromatic nitrogens is 3. The van der Waals surface area contributed by atoms with Crippen molar-refractivity contribution in [1.29, 1.82) is 0 Å². The van der Waals surface area contributed by atoms with E-state index in [1.165, 1.54) is 24.4 Å². The highest BCUT2D eigenvalue weighted by molar-refractivity contribution is 5.87. The second-order valence-electron chi connectivity index (χ2n) is 7.10. The summed E-state index contributed by atoms with van der Waals surface area (Å²) in [5.41, 5.74) is -0.321. The summed E-state index contributed by atoms with van der Waals surface area (Å²) in [6.07, 6.45) is -3.55. The monoisotopic (exact) mass is 423 g/mol. The molecule has 1 fully saturated rings. The molecule has 5 nitrogen and oxygen atoms in total. The number of hydrogen-bond acceptors (Lipinski definition) is 5. The van der Waals surface area contributed by atoms with Crippen LogP contribution >= 0.6 is 0 Å². The molecule has 0 bridgehead atoms. The van der Waals surface area contributed by atoms with Gasteiger partial charge in [-0.1, -0.05) is 18.2 Å². The van der Waals surface area contributed by atoms with Gasteiger partial charge >= 0.3 is 6.18 Å². The van der Waals surface area contributed by atoms with E-state index in [2.05, 4.69) is 20.3 Å².